The predicted molar refractivity (Wildman–Crippen MR) is 147 cm³/mol. The molecule has 5 rings (SSSR count). The highest BCUT2D eigenvalue weighted by atomic mass is 16.7. The first kappa shape index (κ1) is 26.5. The minimum Gasteiger partial charge on any atom is -0.497 e. The van der Waals surface area contributed by atoms with E-state index in [1.165, 1.54) is 0 Å². The fraction of sp³-hybridized carbons (Fsp3) is 0.367. The molecule has 3 heterocycles. The van der Waals surface area contributed by atoms with Gasteiger partial charge in [-0.05, 0) is 59.7 Å². The number of hydroxylamine groups is 2. The van der Waals surface area contributed by atoms with Crippen molar-refractivity contribution >= 4 is 33.9 Å². The SMILES string of the molecule is COc1cccc(-c2cc3c(ccc4c5c(n(C(=O)OC(C)(C)C)c43)CN(C(=O)OC(C)(C)C)OC5)cn2)c1. The standard InChI is InChI=1S/C30H33N3O6/c1-29(2,3)38-27(34)32-16-25-23(17-37-32)21-12-11-19-15-31-24(18-9-8-10-20(13-18)36-7)14-22(19)26(21)33(25)28(35)39-30(4,5)6/h8-15H,16-17H2,1-7H3. The Labute approximate surface area is 227 Å². The molecule has 1 aliphatic rings. The summed E-state index contributed by atoms with van der Waals surface area (Å²) in [6.07, 6.45) is 0.633. The normalized spacial score (nSPS) is 13.9. The Morgan fingerprint density at radius 1 is 0.923 bits per heavy atom. The van der Waals surface area contributed by atoms with Crippen LogP contribution in [0.3, 0.4) is 0 Å². The smallest absolute Gasteiger partial charge is 0.434 e. The van der Waals surface area contributed by atoms with Crippen LogP contribution in [0.2, 0.25) is 0 Å². The van der Waals surface area contributed by atoms with Crippen LogP contribution < -0.4 is 4.74 Å². The molecule has 0 fully saturated rings. The van der Waals surface area contributed by atoms with Crippen LogP contribution in [0.4, 0.5) is 9.59 Å². The van der Waals surface area contributed by atoms with Crippen molar-refractivity contribution in [3.05, 3.63) is 59.9 Å². The summed E-state index contributed by atoms with van der Waals surface area (Å²) in [4.78, 5) is 37.1. The van der Waals surface area contributed by atoms with Crippen LogP contribution in [-0.2, 0) is 27.5 Å². The molecule has 0 radical (unpaired) electrons. The number of methoxy groups -OCH3 is 1. The largest absolute Gasteiger partial charge is 0.497 e. The number of carbonyl (C=O) groups is 2. The number of rotatable bonds is 2. The maximum atomic E-state index is 13.7. The lowest BCUT2D eigenvalue weighted by Gasteiger charge is -2.30. The van der Waals surface area contributed by atoms with Crippen molar-refractivity contribution in [2.24, 2.45) is 0 Å². The molecular formula is C30H33N3O6. The summed E-state index contributed by atoms with van der Waals surface area (Å²) < 4.78 is 18.3. The molecule has 0 unspecified atom stereocenters. The topological polar surface area (TPSA) is 92.1 Å². The van der Waals surface area contributed by atoms with Crippen LogP contribution in [0.25, 0.3) is 32.9 Å². The lowest BCUT2D eigenvalue weighted by molar-refractivity contribution is -0.171. The summed E-state index contributed by atoms with van der Waals surface area (Å²) in [7, 11) is 1.62. The van der Waals surface area contributed by atoms with E-state index in [-0.39, 0.29) is 13.2 Å². The van der Waals surface area contributed by atoms with Gasteiger partial charge < -0.3 is 14.2 Å². The first-order valence-electron chi connectivity index (χ1n) is 12.8. The van der Waals surface area contributed by atoms with E-state index in [1.54, 1.807) is 38.6 Å². The molecular weight excluding hydrogens is 498 g/mol. The van der Waals surface area contributed by atoms with Crippen LogP contribution in [0.15, 0.2) is 48.7 Å². The third kappa shape index (κ3) is 5.27. The van der Waals surface area contributed by atoms with Crippen molar-refractivity contribution in [1.29, 1.82) is 0 Å². The van der Waals surface area contributed by atoms with Gasteiger partial charge in [-0.25, -0.2) is 14.2 Å². The van der Waals surface area contributed by atoms with Gasteiger partial charge in [0.2, 0.25) is 0 Å². The number of carbonyl (C=O) groups excluding carboxylic acids is 2. The van der Waals surface area contributed by atoms with Crippen LogP contribution in [0, 0.1) is 0 Å². The molecule has 4 aromatic rings. The van der Waals surface area contributed by atoms with Crippen molar-refractivity contribution in [2.45, 2.75) is 65.9 Å². The van der Waals surface area contributed by atoms with Gasteiger partial charge in [0.25, 0.3) is 0 Å². The summed E-state index contributed by atoms with van der Waals surface area (Å²) in [5, 5.41) is 3.68. The molecule has 0 saturated heterocycles. The number of benzene rings is 2. The fourth-order valence-electron chi connectivity index (χ4n) is 4.64. The average Bonchev–Trinajstić information content (AvgIpc) is 3.20. The first-order chi connectivity index (χ1) is 18.3. The minimum absolute atomic E-state index is 0.0213. The van der Waals surface area contributed by atoms with Crippen LogP contribution in [0.5, 0.6) is 5.75 Å². The minimum atomic E-state index is -0.728. The number of amides is 1. The highest BCUT2D eigenvalue weighted by molar-refractivity contribution is 6.11. The van der Waals surface area contributed by atoms with E-state index in [0.717, 1.165) is 43.8 Å². The molecule has 2 aromatic heterocycles. The summed E-state index contributed by atoms with van der Waals surface area (Å²) in [6, 6.07) is 13.5. The van der Waals surface area contributed by atoms with Crippen molar-refractivity contribution < 1.29 is 28.6 Å². The lowest BCUT2D eigenvalue weighted by atomic mass is 10.0. The zero-order valence-electron chi connectivity index (χ0n) is 23.3. The van der Waals surface area contributed by atoms with Gasteiger partial charge >= 0.3 is 12.2 Å². The average molecular weight is 532 g/mol. The van der Waals surface area contributed by atoms with E-state index in [0.29, 0.717) is 11.2 Å². The molecule has 0 saturated carbocycles. The number of hydrogen-bond acceptors (Lipinski definition) is 7. The third-order valence-electron chi connectivity index (χ3n) is 6.24. The van der Waals surface area contributed by atoms with Gasteiger partial charge in [0.15, 0.2) is 0 Å². The molecule has 1 amide bonds. The third-order valence-corrected chi connectivity index (χ3v) is 6.24. The van der Waals surface area contributed by atoms with Gasteiger partial charge in [-0.1, -0.05) is 24.3 Å². The first-order valence-corrected chi connectivity index (χ1v) is 12.8. The number of ether oxygens (including phenoxy) is 3. The van der Waals surface area contributed by atoms with E-state index in [2.05, 4.69) is 4.98 Å². The number of pyridine rings is 1. The summed E-state index contributed by atoms with van der Waals surface area (Å²) in [5.41, 5.74) is 2.30. The Morgan fingerprint density at radius 3 is 2.33 bits per heavy atom. The molecule has 1 aliphatic heterocycles. The van der Waals surface area contributed by atoms with E-state index < -0.39 is 23.4 Å². The van der Waals surface area contributed by atoms with Gasteiger partial charge in [-0.15, -0.1) is 0 Å². The van der Waals surface area contributed by atoms with Crippen molar-refractivity contribution in [3.63, 3.8) is 0 Å². The van der Waals surface area contributed by atoms with E-state index >= 15 is 0 Å². The monoisotopic (exact) mass is 531 g/mol. The highest BCUT2D eigenvalue weighted by Gasteiger charge is 2.34. The molecule has 0 spiro atoms. The van der Waals surface area contributed by atoms with Gasteiger partial charge in [0, 0.05) is 33.5 Å². The van der Waals surface area contributed by atoms with Crippen molar-refractivity contribution in [1.82, 2.24) is 14.6 Å². The molecule has 0 aliphatic carbocycles. The maximum Gasteiger partial charge on any atom is 0.434 e. The van der Waals surface area contributed by atoms with E-state index in [9.17, 15) is 9.59 Å². The van der Waals surface area contributed by atoms with Crippen LogP contribution >= 0.6 is 0 Å². The van der Waals surface area contributed by atoms with Crippen LogP contribution in [-0.4, -0.2) is 45.1 Å². The molecule has 2 aromatic carbocycles. The van der Waals surface area contributed by atoms with Gasteiger partial charge in [0.1, 0.15) is 23.6 Å². The number of nitrogens with zero attached hydrogens (tertiary/aromatic N) is 3. The van der Waals surface area contributed by atoms with Gasteiger partial charge in [-0.2, -0.15) is 5.06 Å². The molecule has 0 N–H and O–H groups in total. The maximum absolute atomic E-state index is 13.7. The Hall–Kier alpha value is -4.11. The number of fused-ring (bicyclic) bond motifs is 5. The second kappa shape index (κ2) is 9.57. The summed E-state index contributed by atoms with van der Waals surface area (Å²) in [5.74, 6) is 0.722. The Kier molecular flexibility index (Phi) is 6.50. The molecule has 204 valence electrons. The Morgan fingerprint density at radius 2 is 1.64 bits per heavy atom. The summed E-state index contributed by atoms with van der Waals surface area (Å²) >= 11 is 0. The molecule has 9 heteroatoms. The highest BCUT2D eigenvalue weighted by Crippen LogP contribution is 2.38. The van der Waals surface area contributed by atoms with E-state index in [1.807, 2.05) is 63.2 Å². The molecule has 0 atom stereocenters. The Balaban J connectivity index is 1.71. The van der Waals surface area contributed by atoms with Crippen molar-refractivity contribution in [3.8, 4) is 17.0 Å². The zero-order chi connectivity index (χ0) is 28.1. The number of hydrogen-bond donors (Lipinski definition) is 0. The Bertz CT molecular complexity index is 1590. The van der Waals surface area contributed by atoms with Gasteiger partial charge in [0.05, 0.1) is 30.6 Å². The summed E-state index contributed by atoms with van der Waals surface area (Å²) in [6.45, 7) is 11.0. The second-order valence-electron chi connectivity index (χ2n) is 11.5. The lowest BCUT2D eigenvalue weighted by Crippen LogP contribution is -2.39. The number of aromatic nitrogens is 2. The molecule has 0 bridgehead atoms. The zero-order valence-corrected chi connectivity index (χ0v) is 23.3. The molecule has 9 nitrogen and oxygen atoms in total. The quantitative estimate of drug-likeness (QED) is 0.280. The van der Waals surface area contributed by atoms with Crippen molar-refractivity contribution in [2.75, 3.05) is 7.11 Å². The van der Waals surface area contributed by atoms with Gasteiger partial charge in [-0.3, -0.25) is 9.82 Å². The fourth-order valence-corrected chi connectivity index (χ4v) is 4.64. The second-order valence-corrected chi connectivity index (χ2v) is 11.5. The molecule has 39 heavy (non-hydrogen) atoms. The van der Waals surface area contributed by atoms with Crippen LogP contribution in [0.1, 0.15) is 52.8 Å². The van der Waals surface area contributed by atoms with E-state index in [4.69, 9.17) is 19.0 Å². The predicted octanol–water partition coefficient (Wildman–Crippen LogP) is 6.83.